The molecule has 4 rings (SSSR count). The van der Waals surface area contributed by atoms with Gasteiger partial charge in [-0.2, -0.15) is 0 Å². The number of pyridine rings is 1. The number of anilines is 1. The summed E-state index contributed by atoms with van der Waals surface area (Å²) >= 11 is 0. The summed E-state index contributed by atoms with van der Waals surface area (Å²) in [6.07, 6.45) is 5.68. The second-order valence-corrected chi connectivity index (χ2v) is 6.31. The van der Waals surface area contributed by atoms with Crippen molar-refractivity contribution in [1.82, 2.24) is 4.98 Å². The van der Waals surface area contributed by atoms with Crippen molar-refractivity contribution >= 4 is 16.6 Å². The van der Waals surface area contributed by atoms with Gasteiger partial charge in [-0.25, -0.2) is 4.98 Å². The van der Waals surface area contributed by atoms with E-state index in [1.807, 2.05) is 18.3 Å². The minimum Gasteiger partial charge on any atom is -0.379 e. The van der Waals surface area contributed by atoms with Gasteiger partial charge in [0.1, 0.15) is 5.82 Å². The summed E-state index contributed by atoms with van der Waals surface area (Å²) < 4.78 is 11.8. The topological polar surface area (TPSA) is 43.4 Å². The molecule has 1 aromatic carbocycles. The lowest BCUT2D eigenvalue weighted by atomic mass is 10.1. The molecule has 2 heterocycles. The van der Waals surface area contributed by atoms with E-state index in [0.29, 0.717) is 6.61 Å². The quantitative estimate of drug-likeness (QED) is 0.920. The standard InChI is InChI=1S/C18H22N2O2/c1-2-4-15-14(3-1)7-9-19-18(15)20-16-12-21-10-8-17(16)22-11-13-5-6-13/h1-4,7,9,13,16-17H,5-6,8,10-12H2,(H,19,20)/t16-,17+/m1/s1. The van der Waals surface area contributed by atoms with Gasteiger partial charge in [-0.3, -0.25) is 0 Å². The van der Waals surface area contributed by atoms with Gasteiger partial charge in [0.2, 0.25) is 0 Å². The third-order valence-electron chi connectivity index (χ3n) is 4.53. The monoisotopic (exact) mass is 298 g/mol. The summed E-state index contributed by atoms with van der Waals surface area (Å²) in [6, 6.07) is 10.5. The smallest absolute Gasteiger partial charge is 0.134 e. The fourth-order valence-corrected chi connectivity index (χ4v) is 3.01. The molecule has 0 amide bonds. The molecule has 2 fully saturated rings. The van der Waals surface area contributed by atoms with Gasteiger partial charge in [0.25, 0.3) is 0 Å². The van der Waals surface area contributed by atoms with E-state index in [1.54, 1.807) is 0 Å². The fourth-order valence-electron chi connectivity index (χ4n) is 3.01. The van der Waals surface area contributed by atoms with Crippen molar-refractivity contribution in [2.75, 3.05) is 25.1 Å². The Bertz CT molecular complexity index is 637. The Balaban J connectivity index is 1.51. The highest BCUT2D eigenvalue weighted by molar-refractivity contribution is 5.91. The first-order valence-electron chi connectivity index (χ1n) is 8.20. The molecule has 2 atom stereocenters. The van der Waals surface area contributed by atoms with Crippen LogP contribution in [0.1, 0.15) is 19.3 Å². The predicted molar refractivity (Wildman–Crippen MR) is 87.1 cm³/mol. The summed E-state index contributed by atoms with van der Waals surface area (Å²) in [5, 5.41) is 5.91. The van der Waals surface area contributed by atoms with Crippen molar-refractivity contribution in [3.05, 3.63) is 36.5 Å². The van der Waals surface area contributed by atoms with Gasteiger partial charge in [0.15, 0.2) is 0 Å². The SMILES string of the molecule is c1ccc2c(N[C@@H]3COCC[C@@H]3OCC3CC3)nccc2c1. The number of nitrogens with one attached hydrogen (secondary N) is 1. The number of hydrogen-bond donors (Lipinski definition) is 1. The molecular weight excluding hydrogens is 276 g/mol. The summed E-state index contributed by atoms with van der Waals surface area (Å²) in [7, 11) is 0. The second kappa shape index (κ2) is 6.23. The maximum Gasteiger partial charge on any atom is 0.134 e. The largest absolute Gasteiger partial charge is 0.379 e. The molecule has 0 bridgehead atoms. The summed E-state index contributed by atoms with van der Waals surface area (Å²) in [5.41, 5.74) is 0. The van der Waals surface area contributed by atoms with Crippen LogP contribution >= 0.6 is 0 Å². The molecule has 1 aromatic heterocycles. The van der Waals surface area contributed by atoms with Crippen LogP contribution < -0.4 is 5.32 Å². The van der Waals surface area contributed by atoms with Crippen LogP contribution in [0.3, 0.4) is 0 Å². The van der Waals surface area contributed by atoms with E-state index in [-0.39, 0.29) is 12.1 Å². The normalized spacial score (nSPS) is 25.3. The molecule has 22 heavy (non-hydrogen) atoms. The minimum atomic E-state index is 0.172. The molecule has 1 aliphatic carbocycles. The molecule has 2 aromatic rings. The fraction of sp³-hybridized carbons (Fsp3) is 0.500. The van der Waals surface area contributed by atoms with E-state index in [1.165, 1.54) is 18.2 Å². The maximum atomic E-state index is 6.13. The average molecular weight is 298 g/mol. The third kappa shape index (κ3) is 3.08. The van der Waals surface area contributed by atoms with Crippen molar-refractivity contribution in [1.29, 1.82) is 0 Å². The van der Waals surface area contributed by atoms with E-state index < -0.39 is 0 Å². The second-order valence-electron chi connectivity index (χ2n) is 6.31. The van der Waals surface area contributed by atoms with Crippen molar-refractivity contribution < 1.29 is 9.47 Å². The molecule has 0 unspecified atom stereocenters. The highest BCUT2D eigenvalue weighted by Gasteiger charge is 2.30. The van der Waals surface area contributed by atoms with Gasteiger partial charge in [-0.1, -0.05) is 24.3 Å². The summed E-state index contributed by atoms with van der Waals surface area (Å²) in [6.45, 7) is 2.36. The average Bonchev–Trinajstić information content (AvgIpc) is 3.39. The first-order valence-corrected chi connectivity index (χ1v) is 8.20. The van der Waals surface area contributed by atoms with Crippen LogP contribution in [0.2, 0.25) is 0 Å². The number of aromatic nitrogens is 1. The molecule has 1 saturated heterocycles. The van der Waals surface area contributed by atoms with Crippen molar-refractivity contribution in [3.63, 3.8) is 0 Å². The first kappa shape index (κ1) is 14.0. The van der Waals surface area contributed by atoms with Crippen LogP contribution in [-0.4, -0.2) is 37.0 Å². The number of nitrogens with zero attached hydrogens (tertiary/aromatic N) is 1. The number of rotatable bonds is 5. The van der Waals surface area contributed by atoms with Gasteiger partial charge in [-0.15, -0.1) is 0 Å². The maximum absolute atomic E-state index is 6.13. The molecule has 0 radical (unpaired) electrons. The molecule has 2 aliphatic rings. The van der Waals surface area contributed by atoms with Crippen LogP contribution in [-0.2, 0) is 9.47 Å². The third-order valence-corrected chi connectivity index (χ3v) is 4.53. The van der Waals surface area contributed by atoms with Gasteiger partial charge >= 0.3 is 0 Å². The lowest BCUT2D eigenvalue weighted by Crippen LogP contribution is -2.44. The summed E-state index contributed by atoms with van der Waals surface area (Å²) in [4.78, 5) is 4.52. The van der Waals surface area contributed by atoms with Crippen molar-refractivity contribution in [2.24, 2.45) is 5.92 Å². The zero-order chi connectivity index (χ0) is 14.8. The Labute approximate surface area is 130 Å². The molecule has 1 saturated carbocycles. The molecule has 4 heteroatoms. The highest BCUT2D eigenvalue weighted by Crippen LogP contribution is 2.30. The van der Waals surface area contributed by atoms with E-state index in [2.05, 4.69) is 28.5 Å². The Hall–Kier alpha value is -1.65. The minimum absolute atomic E-state index is 0.172. The number of ether oxygens (including phenoxy) is 2. The number of fused-ring (bicyclic) bond motifs is 1. The zero-order valence-electron chi connectivity index (χ0n) is 12.7. The van der Waals surface area contributed by atoms with E-state index in [4.69, 9.17) is 9.47 Å². The number of hydrogen-bond acceptors (Lipinski definition) is 4. The van der Waals surface area contributed by atoms with Gasteiger partial charge in [0.05, 0.1) is 18.8 Å². The molecule has 4 nitrogen and oxygen atoms in total. The lowest BCUT2D eigenvalue weighted by Gasteiger charge is -2.32. The Kier molecular flexibility index (Phi) is 3.95. The molecule has 1 N–H and O–H groups in total. The molecular formula is C18H22N2O2. The van der Waals surface area contributed by atoms with Crippen LogP contribution in [0.5, 0.6) is 0 Å². The molecule has 116 valence electrons. The van der Waals surface area contributed by atoms with Crippen molar-refractivity contribution in [3.8, 4) is 0 Å². The first-order chi connectivity index (χ1) is 10.9. The highest BCUT2D eigenvalue weighted by atomic mass is 16.5. The Morgan fingerprint density at radius 3 is 3.00 bits per heavy atom. The van der Waals surface area contributed by atoms with Gasteiger partial charge < -0.3 is 14.8 Å². The van der Waals surface area contributed by atoms with Crippen LogP contribution in [0.4, 0.5) is 5.82 Å². The molecule has 1 aliphatic heterocycles. The van der Waals surface area contributed by atoms with Gasteiger partial charge in [0, 0.05) is 24.8 Å². The Morgan fingerprint density at radius 2 is 2.09 bits per heavy atom. The van der Waals surface area contributed by atoms with Crippen LogP contribution in [0.15, 0.2) is 36.5 Å². The molecule has 0 spiro atoms. The predicted octanol–water partition coefficient (Wildman–Crippen LogP) is 3.23. The van der Waals surface area contributed by atoms with Crippen LogP contribution in [0.25, 0.3) is 10.8 Å². The Morgan fingerprint density at radius 1 is 1.18 bits per heavy atom. The van der Waals surface area contributed by atoms with Gasteiger partial charge in [-0.05, 0) is 36.6 Å². The van der Waals surface area contributed by atoms with Crippen LogP contribution in [0, 0.1) is 5.92 Å². The van der Waals surface area contributed by atoms with Crippen molar-refractivity contribution in [2.45, 2.75) is 31.4 Å². The van der Waals surface area contributed by atoms with E-state index >= 15 is 0 Å². The number of benzene rings is 1. The summed E-state index contributed by atoms with van der Waals surface area (Å²) in [5.74, 6) is 1.72. The van der Waals surface area contributed by atoms with E-state index in [0.717, 1.165) is 36.8 Å². The zero-order valence-corrected chi connectivity index (χ0v) is 12.7. The lowest BCUT2D eigenvalue weighted by molar-refractivity contribution is -0.0439. The van der Waals surface area contributed by atoms with E-state index in [9.17, 15) is 0 Å².